The molecule has 0 aromatic rings. The number of piperidine rings is 1. The van der Waals surface area contributed by atoms with Crippen LogP contribution in [0.3, 0.4) is 0 Å². The van der Waals surface area contributed by atoms with Gasteiger partial charge < -0.3 is 30.3 Å². The summed E-state index contributed by atoms with van der Waals surface area (Å²) in [7, 11) is 0. The van der Waals surface area contributed by atoms with E-state index in [1.807, 2.05) is 30.6 Å². The Labute approximate surface area is 198 Å². The number of likely N-dealkylation sites (tertiary alicyclic amines) is 1. The first-order valence-corrected chi connectivity index (χ1v) is 12.6. The van der Waals surface area contributed by atoms with Gasteiger partial charge in [-0.3, -0.25) is 9.69 Å². The predicted molar refractivity (Wildman–Crippen MR) is 126 cm³/mol. The van der Waals surface area contributed by atoms with Crippen LogP contribution in [0.25, 0.3) is 0 Å². The maximum absolute atomic E-state index is 12.9. The third kappa shape index (κ3) is 8.70. The first kappa shape index (κ1) is 27.8. The quantitative estimate of drug-likeness (QED) is 0.267. The van der Waals surface area contributed by atoms with Gasteiger partial charge in [-0.25, -0.2) is 4.79 Å². The van der Waals surface area contributed by atoms with Gasteiger partial charge in [-0.15, -0.1) is 0 Å². The van der Waals surface area contributed by atoms with E-state index in [1.165, 1.54) is 19.3 Å². The largest absolute Gasteiger partial charge is 0.460 e. The molecule has 0 radical (unpaired) electrons. The molecule has 33 heavy (non-hydrogen) atoms. The minimum absolute atomic E-state index is 0.0299. The normalized spacial score (nSPS) is 27.2. The number of ether oxygens (including phenoxy) is 1. The van der Waals surface area contributed by atoms with Gasteiger partial charge in [0.25, 0.3) is 6.47 Å². The number of aliphatic hydroxyl groups excluding tert-OH is 3. The van der Waals surface area contributed by atoms with Gasteiger partial charge in [-0.05, 0) is 53.0 Å². The number of aliphatic hydroxyl groups is 3. The van der Waals surface area contributed by atoms with Crippen molar-refractivity contribution in [2.45, 2.75) is 114 Å². The molecule has 0 aromatic heterocycles. The molecule has 4 N–H and O–H groups in total. The minimum atomic E-state index is -1.20. The smallest absolute Gasteiger partial charge is 0.318 e. The van der Waals surface area contributed by atoms with Gasteiger partial charge in [-0.2, -0.15) is 0 Å². The fourth-order valence-corrected chi connectivity index (χ4v) is 5.00. The van der Waals surface area contributed by atoms with E-state index in [0.717, 1.165) is 45.1 Å². The average molecular weight is 472 g/mol. The predicted octanol–water partition coefficient (Wildman–Crippen LogP) is 1.63. The van der Waals surface area contributed by atoms with E-state index in [0.29, 0.717) is 12.6 Å². The Balaban J connectivity index is 1.79. The fraction of sp³-hybridized carbons (Fsp3) is 0.917. The standard InChI is InChI=1S/C24H45N3O6/c1-24(2,3)25-23(32)27(18-11-7-6-8-12-18)14-10-5-4-9-13-26-15-20(33-17-29)22(31)21(30)19(26)16-28/h17-22,28,30-31H,4-16H2,1-3H3,(H,25,32)/t19-,20+,21-,22-/m1/s1. The average Bonchev–Trinajstić information content (AvgIpc) is 2.76. The number of unbranched alkanes of at least 4 members (excludes halogenated alkanes) is 3. The van der Waals surface area contributed by atoms with Crippen LogP contribution in [0.5, 0.6) is 0 Å². The Morgan fingerprint density at radius 1 is 1.09 bits per heavy atom. The number of hydrogen-bond donors (Lipinski definition) is 4. The molecule has 2 fully saturated rings. The van der Waals surface area contributed by atoms with Gasteiger partial charge in [0.15, 0.2) is 0 Å². The summed E-state index contributed by atoms with van der Waals surface area (Å²) >= 11 is 0. The zero-order valence-electron chi connectivity index (χ0n) is 20.6. The van der Waals surface area contributed by atoms with Crippen LogP contribution in [0.1, 0.15) is 78.6 Å². The Morgan fingerprint density at radius 2 is 1.76 bits per heavy atom. The molecular weight excluding hydrogens is 426 g/mol. The molecule has 1 heterocycles. The van der Waals surface area contributed by atoms with Gasteiger partial charge in [-0.1, -0.05) is 32.1 Å². The number of carbonyl (C=O) groups excluding carboxylic acids is 2. The van der Waals surface area contributed by atoms with Gasteiger partial charge in [0.1, 0.15) is 18.3 Å². The van der Waals surface area contributed by atoms with Crippen LogP contribution in [-0.2, 0) is 9.53 Å². The van der Waals surface area contributed by atoms with E-state index in [1.54, 1.807) is 0 Å². The van der Waals surface area contributed by atoms with Crippen molar-refractivity contribution in [3.63, 3.8) is 0 Å². The number of nitrogens with zero attached hydrogens (tertiary/aromatic N) is 2. The van der Waals surface area contributed by atoms with E-state index in [2.05, 4.69) is 5.32 Å². The molecular formula is C24H45N3O6. The molecule has 2 amide bonds. The monoisotopic (exact) mass is 471 g/mol. The lowest BCUT2D eigenvalue weighted by atomic mass is 9.93. The highest BCUT2D eigenvalue weighted by molar-refractivity contribution is 5.75. The van der Waals surface area contributed by atoms with Crippen LogP contribution >= 0.6 is 0 Å². The molecule has 1 saturated heterocycles. The van der Waals surface area contributed by atoms with Crippen molar-refractivity contribution >= 4 is 12.5 Å². The summed E-state index contributed by atoms with van der Waals surface area (Å²) in [5.41, 5.74) is -0.259. The van der Waals surface area contributed by atoms with Crippen molar-refractivity contribution < 1.29 is 29.6 Å². The zero-order chi connectivity index (χ0) is 24.4. The third-order valence-electron chi connectivity index (χ3n) is 6.78. The van der Waals surface area contributed by atoms with Crippen molar-refractivity contribution in [3.05, 3.63) is 0 Å². The second kappa shape index (κ2) is 13.5. The number of hydrogen-bond acceptors (Lipinski definition) is 7. The molecule has 2 rings (SSSR count). The van der Waals surface area contributed by atoms with E-state index in [-0.39, 0.29) is 31.2 Å². The topological polar surface area (TPSA) is 123 Å². The summed E-state index contributed by atoms with van der Waals surface area (Å²) < 4.78 is 4.92. The highest BCUT2D eigenvalue weighted by Gasteiger charge is 2.42. The molecule has 0 aromatic carbocycles. The van der Waals surface area contributed by atoms with Gasteiger partial charge >= 0.3 is 6.03 Å². The lowest BCUT2D eigenvalue weighted by Gasteiger charge is -2.43. The number of rotatable bonds is 11. The summed E-state index contributed by atoms with van der Waals surface area (Å²) in [6.45, 7) is 7.68. The van der Waals surface area contributed by atoms with Crippen molar-refractivity contribution in [1.29, 1.82) is 0 Å². The van der Waals surface area contributed by atoms with Crippen molar-refractivity contribution in [2.24, 2.45) is 0 Å². The summed E-state index contributed by atoms with van der Waals surface area (Å²) in [6.07, 6.45) is 6.30. The first-order valence-electron chi connectivity index (χ1n) is 12.6. The van der Waals surface area contributed by atoms with E-state index in [4.69, 9.17) is 4.74 Å². The maximum atomic E-state index is 12.9. The second-order valence-electron chi connectivity index (χ2n) is 10.6. The third-order valence-corrected chi connectivity index (χ3v) is 6.78. The van der Waals surface area contributed by atoms with E-state index < -0.39 is 24.4 Å². The Kier molecular flexibility index (Phi) is 11.4. The number of nitrogens with one attached hydrogen (secondary N) is 1. The van der Waals surface area contributed by atoms with Gasteiger partial charge in [0.2, 0.25) is 0 Å². The number of urea groups is 1. The van der Waals surface area contributed by atoms with Crippen LogP contribution in [0, 0.1) is 0 Å². The van der Waals surface area contributed by atoms with Crippen molar-refractivity contribution in [1.82, 2.24) is 15.1 Å². The number of carbonyl (C=O) groups is 2. The molecule has 9 heteroatoms. The number of amides is 2. The van der Waals surface area contributed by atoms with Crippen molar-refractivity contribution in [3.8, 4) is 0 Å². The van der Waals surface area contributed by atoms with E-state index >= 15 is 0 Å². The van der Waals surface area contributed by atoms with Crippen LogP contribution in [0.15, 0.2) is 0 Å². The summed E-state index contributed by atoms with van der Waals surface area (Å²) in [5, 5.41) is 33.1. The molecule has 0 unspecified atom stereocenters. The molecule has 1 saturated carbocycles. The fourth-order valence-electron chi connectivity index (χ4n) is 5.00. The summed E-state index contributed by atoms with van der Waals surface area (Å²) in [6, 6.07) is -0.223. The molecule has 1 aliphatic heterocycles. The lowest BCUT2D eigenvalue weighted by Crippen LogP contribution is -2.63. The minimum Gasteiger partial charge on any atom is -0.460 e. The second-order valence-corrected chi connectivity index (χ2v) is 10.6. The molecule has 2 aliphatic rings. The Morgan fingerprint density at radius 3 is 2.36 bits per heavy atom. The highest BCUT2D eigenvalue weighted by atomic mass is 16.5. The molecule has 9 nitrogen and oxygen atoms in total. The van der Waals surface area contributed by atoms with Crippen LogP contribution in [0.4, 0.5) is 4.79 Å². The highest BCUT2D eigenvalue weighted by Crippen LogP contribution is 2.24. The summed E-state index contributed by atoms with van der Waals surface area (Å²) in [5.74, 6) is 0. The summed E-state index contributed by atoms with van der Waals surface area (Å²) in [4.78, 5) is 27.5. The van der Waals surface area contributed by atoms with Crippen LogP contribution < -0.4 is 5.32 Å². The van der Waals surface area contributed by atoms with Gasteiger partial charge in [0, 0.05) is 24.7 Å². The molecule has 192 valence electrons. The lowest BCUT2D eigenvalue weighted by molar-refractivity contribution is -0.170. The van der Waals surface area contributed by atoms with Gasteiger partial charge in [0.05, 0.1) is 12.6 Å². The SMILES string of the molecule is CC(C)(C)NC(=O)N(CCCCCCN1C[C@H](OC=O)[C@@H](O)[C@H](O)[C@H]1CO)C1CCCCC1. The molecule has 0 spiro atoms. The Hall–Kier alpha value is -1.42. The van der Waals surface area contributed by atoms with Crippen molar-refractivity contribution in [2.75, 3.05) is 26.2 Å². The maximum Gasteiger partial charge on any atom is 0.318 e. The zero-order valence-corrected chi connectivity index (χ0v) is 20.6. The molecule has 0 bridgehead atoms. The van der Waals surface area contributed by atoms with Crippen LogP contribution in [-0.4, -0.2) is 99.8 Å². The van der Waals surface area contributed by atoms with Crippen LogP contribution in [0.2, 0.25) is 0 Å². The van der Waals surface area contributed by atoms with E-state index in [9.17, 15) is 24.9 Å². The molecule has 1 aliphatic carbocycles. The Bertz CT molecular complexity index is 593. The molecule has 4 atom stereocenters. The first-order chi connectivity index (χ1) is 15.7.